The molecule has 0 saturated heterocycles. The first-order chi connectivity index (χ1) is 10.8. The molecule has 2 heterocycles. The Morgan fingerprint density at radius 2 is 1.95 bits per heavy atom. The van der Waals surface area contributed by atoms with E-state index in [9.17, 15) is 0 Å². The molecule has 0 spiro atoms. The Kier molecular flexibility index (Phi) is 3.12. The summed E-state index contributed by atoms with van der Waals surface area (Å²) in [7, 11) is 0. The lowest BCUT2D eigenvalue weighted by molar-refractivity contribution is 0.491. The Balaban J connectivity index is 1.65. The Morgan fingerprint density at radius 1 is 1.05 bits per heavy atom. The predicted molar refractivity (Wildman–Crippen MR) is 83.6 cm³/mol. The summed E-state index contributed by atoms with van der Waals surface area (Å²) in [5.41, 5.74) is 2.78. The van der Waals surface area contributed by atoms with Gasteiger partial charge in [0.15, 0.2) is 0 Å². The Labute approximate surface area is 131 Å². The number of benzene rings is 2. The molecule has 0 unspecified atom stereocenters. The first-order valence-electron chi connectivity index (χ1n) is 6.78. The fourth-order valence-corrected chi connectivity index (χ4v) is 2.53. The highest BCUT2D eigenvalue weighted by Gasteiger charge is 2.10. The van der Waals surface area contributed by atoms with Gasteiger partial charge in [0.2, 0.25) is 11.8 Å². The number of halogens is 1. The minimum atomic E-state index is 0.460. The molecule has 0 fully saturated rings. The first-order valence-corrected chi connectivity index (χ1v) is 7.15. The van der Waals surface area contributed by atoms with Gasteiger partial charge >= 0.3 is 0 Å². The number of hydrogen-bond donors (Lipinski definition) is 0. The van der Waals surface area contributed by atoms with Crippen molar-refractivity contribution in [1.29, 1.82) is 0 Å². The Morgan fingerprint density at radius 3 is 2.86 bits per heavy atom. The number of fused-ring (bicyclic) bond motifs is 1. The molecule has 0 N–H and O–H groups in total. The van der Waals surface area contributed by atoms with Crippen LogP contribution in [-0.4, -0.2) is 19.7 Å². The normalized spacial score (nSPS) is 11.1. The Bertz CT molecular complexity index is 944. The zero-order chi connectivity index (χ0) is 14.9. The topological polar surface area (TPSA) is 56.7 Å². The molecule has 0 atom stereocenters. The van der Waals surface area contributed by atoms with E-state index in [0.717, 1.165) is 16.6 Å². The lowest BCUT2D eigenvalue weighted by Gasteiger charge is -1.99. The standard InChI is InChI=1S/C16H11ClN4O/c17-12-5-3-4-11(8-12)16-20-19-15(22-16)9-21-10-18-13-6-1-2-7-14(13)21/h1-8,10H,9H2. The number of para-hydroxylation sites is 2. The SMILES string of the molecule is Clc1cccc(-c2nnc(Cn3cnc4ccccc43)o2)c1. The molecule has 4 aromatic rings. The van der Waals surface area contributed by atoms with E-state index in [2.05, 4.69) is 15.2 Å². The van der Waals surface area contributed by atoms with Gasteiger partial charge in [-0.05, 0) is 30.3 Å². The largest absolute Gasteiger partial charge is 0.419 e. The first kappa shape index (κ1) is 13.0. The van der Waals surface area contributed by atoms with Crippen LogP contribution in [0.4, 0.5) is 0 Å². The van der Waals surface area contributed by atoms with Gasteiger partial charge in [0.1, 0.15) is 6.54 Å². The van der Waals surface area contributed by atoms with Crippen molar-refractivity contribution in [2.45, 2.75) is 6.54 Å². The molecule has 2 aromatic heterocycles. The van der Waals surface area contributed by atoms with E-state index in [0.29, 0.717) is 23.3 Å². The molecular weight excluding hydrogens is 300 g/mol. The van der Waals surface area contributed by atoms with Gasteiger partial charge in [-0.1, -0.05) is 29.8 Å². The van der Waals surface area contributed by atoms with E-state index in [4.69, 9.17) is 16.0 Å². The van der Waals surface area contributed by atoms with Crippen LogP contribution in [0.2, 0.25) is 5.02 Å². The summed E-state index contributed by atoms with van der Waals surface area (Å²) in [5.74, 6) is 0.986. The van der Waals surface area contributed by atoms with Gasteiger partial charge in [0.25, 0.3) is 0 Å². The molecule has 0 radical (unpaired) electrons. The van der Waals surface area contributed by atoms with E-state index in [1.54, 1.807) is 18.5 Å². The monoisotopic (exact) mass is 310 g/mol. The number of hydrogen-bond acceptors (Lipinski definition) is 4. The van der Waals surface area contributed by atoms with E-state index in [1.165, 1.54) is 0 Å². The van der Waals surface area contributed by atoms with Gasteiger partial charge in [0, 0.05) is 10.6 Å². The second kappa shape index (κ2) is 5.27. The highest BCUT2D eigenvalue weighted by Crippen LogP contribution is 2.22. The average Bonchev–Trinajstić information content (AvgIpc) is 3.16. The lowest BCUT2D eigenvalue weighted by Crippen LogP contribution is -1.97. The van der Waals surface area contributed by atoms with Crippen LogP contribution >= 0.6 is 11.6 Å². The fourth-order valence-electron chi connectivity index (χ4n) is 2.34. The second-order valence-electron chi connectivity index (χ2n) is 4.87. The van der Waals surface area contributed by atoms with Crippen molar-refractivity contribution in [1.82, 2.24) is 19.7 Å². The molecule has 0 amide bonds. The Hall–Kier alpha value is -2.66. The van der Waals surface area contributed by atoms with Gasteiger partial charge in [-0.25, -0.2) is 4.98 Å². The summed E-state index contributed by atoms with van der Waals surface area (Å²) in [6.45, 7) is 0.480. The molecule has 0 aliphatic heterocycles. The van der Waals surface area contributed by atoms with E-state index >= 15 is 0 Å². The molecule has 0 aliphatic carbocycles. The van der Waals surface area contributed by atoms with Gasteiger partial charge in [-0.15, -0.1) is 10.2 Å². The van der Waals surface area contributed by atoms with Crippen molar-refractivity contribution in [3.05, 3.63) is 65.8 Å². The van der Waals surface area contributed by atoms with Crippen LogP contribution in [0.15, 0.2) is 59.3 Å². The smallest absolute Gasteiger partial charge is 0.247 e. The third-order valence-corrected chi connectivity index (χ3v) is 3.61. The quantitative estimate of drug-likeness (QED) is 0.577. The molecule has 108 valence electrons. The highest BCUT2D eigenvalue weighted by molar-refractivity contribution is 6.30. The molecule has 4 rings (SSSR count). The summed E-state index contributed by atoms with van der Waals surface area (Å²) in [6, 6.07) is 15.3. The number of nitrogens with zero attached hydrogens (tertiary/aromatic N) is 4. The van der Waals surface area contributed by atoms with Crippen molar-refractivity contribution in [2.75, 3.05) is 0 Å². The van der Waals surface area contributed by atoms with Gasteiger partial charge in [-0.2, -0.15) is 0 Å². The van der Waals surface area contributed by atoms with E-state index in [-0.39, 0.29) is 0 Å². The highest BCUT2D eigenvalue weighted by atomic mass is 35.5. The van der Waals surface area contributed by atoms with Crippen LogP contribution < -0.4 is 0 Å². The van der Waals surface area contributed by atoms with Crippen molar-refractivity contribution in [3.8, 4) is 11.5 Å². The van der Waals surface area contributed by atoms with Crippen LogP contribution in [0.3, 0.4) is 0 Å². The zero-order valence-corrected chi connectivity index (χ0v) is 12.2. The van der Waals surface area contributed by atoms with Gasteiger partial charge < -0.3 is 8.98 Å². The summed E-state index contributed by atoms with van der Waals surface area (Å²) in [5, 5.41) is 8.81. The second-order valence-corrected chi connectivity index (χ2v) is 5.31. The molecule has 0 bridgehead atoms. The number of aromatic nitrogens is 4. The van der Waals surface area contributed by atoms with Gasteiger partial charge in [0.05, 0.1) is 17.4 Å². The van der Waals surface area contributed by atoms with Crippen LogP contribution in [0.5, 0.6) is 0 Å². The molecule has 0 saturated carbocycles. The van der Waals surface area contributed by atoms with E-state index in [1.807, 2.05) is 41.0 Å². The minimum Gasteiger partial charge on any atom is -0.419 e. The van der Waals surface area contributed by atoms with Crippen molar-refractivity contribution in [2.24, 2.45) is 0 Å². The predicted octanol–water partition coefficient (Wildman–Crippen LogP) is 3.79. The maximum Gasteiger partial charge on any atom is 0.247 e. The van der Waals surface area contributed by atoms with E-state index < -0.39 is 0 Å². The molecule has 6 heteroatoms. The minimum absolute atomic E-state index is 0.460. The third kappa shape index (κ3) is 2.35. The van der Waals surface area contributed by atoms with Crippen molar-refractivity contribution in [3.63, 3.8) is 0 Å². The van der Waals surface area contributed by atoms with Crippen LogP contribution in [-0.2, 0) is 6.54 Å². The van der Waals surface area contributed by atoms with Gasteiger partial charge in [-0.3, -0.25) is 0 Å². The van der Waals surface area contributed by atoms with Crippen molar-refractivity contribution < 1.29 is 4.42 Å². The molecule has 22 heavy (non-hydrogen) atoms. The molecule has 5 nitrogen and oxygen atoms in total. The molecule has 2 aromatic carbocycles. The summed E-state index contributed by atoms with van der Waals surface area (Å²) in [6.07, 6.45) is 1.77. The summed E-state index contributed by atoms with van der Waals surface area (Å²) >= 11 is 5.98. The fraction of sp³-hybridized carbons (Fsp3) is 0.0625. The van der Waals surface area contributed by atoms with Crippen LogP contribution in [0, 0.1) is 0 Å². The number of rotatable bonds is 3. The maximum atomic E-state index is 5.98. The van der Waals surface area contributed by atoms with Crippen LogP contribution in [0.1, 0.15) is 5.89 Å². The third-order valence-electron chi connectivity index (χ3n) is 3.37. The zero-order valence-electron chi connectivity index (χ0n) is 11.5. The van der Waals surface area contributed by atoms with Crippen LogP contribution in [0.25, 0.3) is 22.5 Å². The number of imidazole rings is 1. The van der Waals surface area contributed by atoms with Crippen molar-refractivity contribution >= 4 is 22.6 Å². The summed E-state index contributed by atoms with van der Waals surface area (Å²) in [4.78, 5) is 4.35. The average molecular weight is 311 g/mol. The lowest BCUT2D eigenvalue weighted by atomic mass is 10.2. The molecular formula is C16H11ClN4O. The molecule has 0 aliphatic rings. The maximum absolute atomic E-state index is 5.98. The summed E-state index contributed by atoms with van der Waals surface area (Å²) < 4.78 is 7.69.